The summed E-state index contributed by atoms with van der Waals surface area (Å²) in [5.41, 5.74) is 0.0716. The second kappa shape index (κ2) is 9.44. The second-order valence-electron chi connectivity index (χ2n) is 8.22. The lowest BCUT2D eigenvalue weighted by Gasteiger charge is -2.34. The third-order valence-corrected chi connectivity index (χ3v) is 7.87. The molecule has 2 aromatic rings. The maximum atomic E-state index is 14.8. The molecule has 1 fully saturated rings. The largest absolute Gasteiger partial charge is 0.490 e. The minimum absolute atomic E-state index is 0.0144. The zero-order chi connectivity index (χ0) is 23.6. The van der Waals surface area contributed by atoms with Gasteiger partial charge in [-0.15, -0.1) is 0 Å². The van der Waals surface area contributed by atoms with E-state index in [0.29, 0.717) is 18.4 Å². The number of aryl methyl sites for hydroxylation is 1. The van der Waals surface area contributed by atoms with Gasteiger partial charge in [-0.3, -0.25) is 9.59 Å². The Morgan fingerprint density at radius 2 is 1.84 bits per heavy atom. The number of pyridine rings is 1. The van der Waals surface area contributed by atoms with E-state index in [4.69, 9.17) is 4.74 Å². The first kappa shape index (κ1) is 24.0. The molecule has 1 saturated carbocycles. The molecule has 174 valence electrons. The first-order chi connectivity index (χ1) is 15.0. The molecule has 0 N–H and O–H groups in total. The number of carbonyl (C=O) groups excluding carboxylic acids is 1. The lowest BCUT2D eigenvalue weighted by molar-refractivity contribution is -0.130. The van der Waals surface area contributed by atoms with Gasteiger partial charge in [-0.25, -0.2) is 12.8 Å². The summed E-state index contributed by atoms with van der Waals surface area (Å²) in [5.74, 6) is -0.468. The third kappa shape index (κ3) is 5.03. The number of halogens is 1. The van der Waals surface area contributed by atoms with E-state index >= 15 is 0 Å². The first-order valence-corrected chi connectivity index (χ1v) is 12.3. The molecule has 9 heteroatoms. The lowest BCUT2D eigenvalue weighted by atomic mass is 9.92. The summed E-state index contributed by atoms with van der Waals surface area (Å²) < 4.78 is 46.9. The van der Waals surface area contributed by atoms with Crippen LogP contribution in [-0.4, -0.2) is 48.7 Å². The van der Waals surface area contributed by atoms with Gasteiger partial charge in [0.2, 0.25) is 5.91 Å². The highest BCUT2D eigenvalue weighted by Crippen LogP contribution is 2.35. The SMILES string of the molecule is CCS(=O)(=O)c1ccc(F)c(-c2cn(C)c(=O)cc2OC2CCC(N(C)C(C)=O)CC2)c1. The number of hydrogen-bond donors (Lipinski definition) is 0. The quantitative estimate of drug-likeness (QED) is 0.613. The van der Waals surface area contributed by atoms with Gasteiger partial charge < -0.3 is 14.2 Å². The summed E-state index contributed by atoms with van der Waals surface area (Å²) in [6, 6.07) is 5.11. The van der Waals surface area contributed by atoms with Crippen molar-refractivity contribution in [2.24, 2.45) is 7.05 Å². The van der Waals surface area contributed by atoms with Crippen molar-refractivity contribution >= 4 is 15.7 Å². The summed E-state index contributed by atoms with van der Waals surface area (Å²) in [6.07, 6.45) is 4.17. The highest BCUT2D eigenvalue weighted by molar-refractivity contribution is 7.91. The standard InChI is InChI=1S/C23H29FN2O5S/c1-5-32(29,30)18-10-11-21(24)19(12-18)20-14-25(3)23(28)13-22(20)31-17-8-6-16(7-9-17)26(4)15(2)27/h10-14,16-17H,5-9H2,1-4H3. The van der Waals surface area contributed by atoms with Crippen LogP contribution in [0.1, 0.15) is 39.5 Å². The predicted molar refractivity (Wildman–Crippen MR) is 120 cm³/mol. The summed E-state index contributed by atoms with van der Waals surface area (Å²) in [6.45, 7) is 3.06. The van der Waals surface area contributed by atoms with E-state index in [1.165, 1.54) is 42.8 Å². The number of sulfone groups is 1. The normalized spacial score (nSPS) is 18.9. The van der Waals surface area contributed by atoms with E-state index in [-0.39, 0.29) is 45.6 Å². The molecule has 0 aliphatic heterocycles. The molecule has 1 aliphatic carbocycles. The molecule has 1 aromatic heterocycles. The van der Waals surface area contributed by atoms with Gasteiger partial charge in [-0.2, -0.15) is 0 Å². The van der Waals surface area contributed by atoms with Crippen molar-refractivity contribution in [2.75, 3.05) is 12.8 Å². The van der Waals surface area contributed by atoms with Crippen LogP contribution in [0.25, 0.3) is 11.1 Å². The van der Waals surface area contributed by atoms with Crippen molar-refractivity contribution in [3.05, 3.63) is 46.6 Å². The molecule has 32 heavy (non-hydrogen) atoms. The Labute approximate surface area is 187 Å². The Morgan fingerprint density at radius 1 is 1.19 bits per heavy atom. The number of carbonyl (C=O) groups is 1. The molecule has 3 rings (SSSR count). The Morgan fingerprint density at radius 3 is 2.44 bits per heavy atom. The Balaban J connectivity index is 1.94. The van der Waals surface area contributed by atoms with Crippen LogP contribution in [0.15, 0.2) is 40.2 Å². The number of rotatable bonds is 6. The van der Waals surface area contributed by atoms with Gasteiger partial charge in [0, 0.05) is 50.5 Å². The van der Waals surface area contributed by atoms with E-state index in [1.54, 1.807) is 19.0 Å². The first-order valence-electron chi connectivity index (χ1n) is 10.7. The van der Waals surface area contributed by atoms with Gasteiger partial charge in [-0.05, 0) is 43.9 Å². The van der Waals surface area contributed by atoms with Gasteiger partial charge in [0.15, 0.2) is 9.84 Å². The second-order valence-corrected chi connectivity index (χ2v) is 10.5. The van der Waals surface area contributed by atoms with E-state index < -0.39 is 15.7 Å². The maximum Gasteiger partial charge on any atom is 0.254 e. The zero-order valence-corrected chi connectivity index (χ0v) is 19.6. The molecular weight excluding hydrogens is 435 g/mol. The molecule has 0 radical (unpaired) electrons. The predicted octanol–water partition coefficient (Wildman–Crippen LogP) is 3.15. The van der Waals surface area contributed by atoms with Gasteiger partial charge in [-0.1, -0.05) is 6.92 Å². The smallest absolute Gasteiger partial charge is 0.254 e. The molecule has 1 aliphatic rings. The molecule has 0 spiro atoms. The van der Waals surface area contributed by atoms with Crippen molar-refractivity contribution in [1.82, 2.24) is 9.47 Å². The molecule has 0 atom stereocenters. The number of hydrogen-bond acceptors (Lipinski definition) is 5. The van der Waals surface area contributed by atoms with E-state index in [0.717, 1.165) is 18.9 Å². The van der Waals surface area contributed by atoms with E-state index in [2.05, 4.69) is 0 Å². The Bertz CT molecular complexity index is 1170. The van der Waals surface area contributed by atoms with Crippen molar-refractivity contribution in [2.45, 2.75) is 56.6 Å². The molecular formula is C23H29FN2O5S. The number of benzene rings is 1. The van der Waals surface area contributed by atoms with Crippen LogP contribution in [0, 0.1) is 5.82 Å². The average Bonchev–Trinajstić information content (AvgIpc) is 2.76. The average molecular weight is 465 g/mol. The fraction of sp³-hybridized carbons (Fsp3) is 0.478. The molecule has 1 heterocycles. The van der Waals surface area contributed by atoms with Crippen LogP contribution in [0.5, 0.6) is 5.75 Å². The number of aromatic nitrogens is 1. The van der Waals surface area contributed by atoms with Gasteiger partial charge in [0.05, 0.1) is 16.8 Å². The maximum absolute atomic E-state index is 14.8. The molecule has 0 bridgehead atoms. The number of nitrogens with zero attached hydrogens (tertiary/aromatic N) is 2. The Kier molecular flexibility index (Phi) is 7.07. The van der Waals surface area contributed by atoms with Crippen molar-refractivity contribution < 1.29 is 22.3 Å². The third-order valence-electron chi connectivity index (χ3n) is 6.14. The molecule has 7 nitrogen and oxygen atoms in total. The monoisotopic (exact) mass is 464 g/mol. The van der Waals surface area contributed by atoms with Crippen LogP contribution in [0.3, 0.4) is 0 Å². The number of amides is 1. The minimum atomic E-state index is -3.53. The summed E-state index contributed by atoms with van der Waals surface area (Å²) in [4.78, 5) is 25.7. The highest BCUT2D eigenvalue weighted by atomic mass is 32.2. The van der Waals surface area contributed by atoms with E-state index in [9.17, 15) is 22.4 Å². The van der Waals surface area contributed by atoms with Gasteiger partial charge in [0.25, 0.3) is 5.56 Å². The zero-order valence-electron chi connectivity index (χ0n) is 18.8. The van der Waals surface area contributed by atoms with Crippen LogP contribution in [-0.2, 0) is 21.7 Å². The fourth-order valence-electron chi connectivity index (χ4n) is 3.97. The van der Waals surface area contributed by atoms with Crippen LogP contribution in [0.2, 0.25) is 0 Å². The molecule has 1 aromatic carbocycles. The van der Waals surface area contributed by atoms with Crippen LogP contribution in [0.4, 0.5) is 4.39 Å². The summed E-state index contributed by atoms with van der Waals surface area (Å²) >= 11 is 0. The lowest BCUT2D eigenvalue weighted by Crippen LogP contribution is -2.40. The topological polar surface area (TPSA) is 85.7 Å². The van der Waals surface area contributed by atoms with E-state index in [1.807, 2.05) is 0 Å². The summed E-state index contributed by atoms with van der Waals surface area (Å²) in [5, 5.41) is 0. The summed E-state index contributed by atoms with van der Waals surface area (Å²) in [7, 11) is -0.204. The highest BCUT2D eigenvalue weighted by Gasteiger charge is 2.27. The van der Waals surface area contributed by atoms with Crippen molar-refractivity contribution in [1.29, 1.82) is 0 Å². The molecule has 1 amide bonds. The molecule has 0 saturated heterocycles. The van der Waals surface area contributed by atoms with Crippen molar-refractivity contribution in [3.63, 3.8) is 0 Å². The van der Waals surface area contributed by atoms with Crippen LogP contribution < -0.4 is 10.3 Å². The van der Waals surface area contributed by atoms with Crippen LogP contribution >= 0.6 is 0 Å². The minimum Gasteiger partial charge on any atom is -0.490 e. The van der Waals surface area contributed by atoms with Crippen molar-refractivity contribution in [3.8, 4) is 16.9 Å². The van der Waals surface area contributed by atoms with Gasteiger partial charge in [0.1, 0.15) is 11.6 Å². The van der Waals surface area contributed by atoms with Gasteiger partial charge >= 0.3 is 0 Å². The molecule has 0 unspecified atom stereocenters. The Hall–Kier alpha value is -2.68. The fourth-order valence-corrected chi connectivity index (χ4v) is 4.88. The number of ether oxygens (including phenoxy) is 1.